The Kier molecular flexibility index (Phi) is 4.80. The topological polar surface area (TPSA) is 97.4 Å². The first-order valence-corrected chi connectivity index (χ1v) is 9.96. The lowest BCUT2D eigenvalue weighted by atomic mass is 9.82. The molecule has 4 aliphatic heterocycles. The molecule has 1 amide bonds. The molecule has 0 unspecified atom stereocenters. The molecule has 2 bridgehead atoms. The van der Waals surface area contributed by atoms with Crippen LogP contribution < -0.4 is 5.32 Å². The van der Waals surface area contributed by atoms with Gasteiger partial charge < -0.3 is 24.6 Å². The van der Waals surface area contributed by atoms with Crippen LogP contribution in [-0.4, -0.2) is 53.5 Å². The van der Waals surface area contributed by atoms with Crippen molar-refractivity contribution >= 4 is 11.7 Å². The SMILES string of the molecule is CC(/C=C/C(O)=C1/C(=O)CNC1=O)=C\[C@@H](C)[C@H]1O[C@@]2(C)O[C@@H](C=C[C@@]23CO3)[C@H]1C. The predicted molar refractivity (Wildman–Crippen MR) is 105 cm³/mol. The molecule has 2 N–H and O–H groups in total. The minimum absolute atomic E-state index is 0.0269. The van der Waals surface area contributed by atoms with E-state index in [4.69, 9.17) is 14.2 Å². The van der Waals surface area contributed by atoms with E-state index in [0.717, 1.165) is 5.57 Å². The molecule has 4 rings (SSSR count). The minimum atomic E-state index is -0.797. The van der Waals surface area contributed by atoms with Crippen LogP contribution in [0.4, 0.5) is 0 Å². The molecule has 0 aromatic heterocycles. The van der Waals surface area contributed by atoms with E-state index in [9.17, 15) is 14.7 Å². The van der Waals surface area contributed by atoms with Gasteiger partial charge in [0.05, 0.1) is 25.4 Å². The number of ketones is 1. The quantitative estimate of drug-likeness (QED) is 0.187. The smallest absolute Gasteiger partial charge is 0.259 e. The summed E-state index contributed by atoms with van der Waals surface area (Å²) in [4.78, 5) is 23.3. The Balaban J connectivity index is 1.49. The second kappa shape index (κ2) is 6.93. The van der Waals surface area contributed by atoms with Crippen molar-refractivity contribution in [1.29, 1.82) is 0 Å². The molecule has 0 saturated carbocycles. The standard InChI is InChI=1S/C22H27NO6/c1-12(5-6-15(24)18-16(25)10-23-20(18)26)9-13(2)19-14(3)17-7-8-22(11-27-22)21(4,28-17)29-19/h5-9,13-14,17,19,24H,10-11H2,1-4H3,(H,23,26)/b6-5+,12-9+,18-15+/t13-,14-,17+,19-,21-,22-/m1/s1. The minimum Gasteiger partial charge on any atom is -0.507 e. The molecule has 3 saturated heterocycles. The molecule has 4 aliphatic rings. The van der Waals surface area contributed by atoms with Crippen molar-refractivity contribution in [1.82, 2.24) is 5.32 Å². The third kappa shape index (κ3) is 3.37. The number of Topliss-reactive ketones (excluding diaryl/α,β-unsaturated/α-hetero) is 1. The van der Waals surface area contributed by atoms with Gasteiger partial charge in [0, 0.05) is 11.8 Å². The largest absolute Gasteiger partial charge is 0.507 e. The molecule has 0 aromatic rings. The number of epoxide rings is 1. The van der Waals surface area contributed by atoms with Crippen LogP contribution in [0, 0.1) is 11.8 Å². The predicted octanol–water partition coefficient (Wildman–Crippen LogP) is 2.11. The number of allylic oxidation sites excluding steroid dienone is 3. The van der Waals surface area contributed by atoms with Crippen LogP contribution in [0.3, 0.4) is 0 Å². The summed E-state index contributed by atoms with van der Waals surface area (Å²) in [5, 5.41) is 12.5. The van der Waals surface area contributed by atoms with Gasteiger partial charge >= 0.3 is 0 Å². The molecule has 1 spiro atoms. The number of fused-ring (bicyclic) bond motifs is 3. The molecule has 156 valence electrons. The average molecular weight is 401 g/mol. The number of hydrogen-bond donors (Lipinski definition) is 2. The van der Waals surface area contributed by atoms with Crippen LogP contribution in [0.5, 0.6) is 0 Å². The van der Waals surface area contributed by atoms with E-state index < -0.39 is 23.1 Å². The first kappa shape index (κ1) is 20.1. The van der Waals surface area contributed by atoms with Crippen LogP contribution in [-0.2, 0) is 23.8 Å². The molecular formula is C22H27NO6. The van der Waals surface area contributed by atoms with Gasteiger partial charge in [0.2, 0.25) is 5.79 Å². The fraction of sp³-hybridized carbons (Fsp3) is 0.545. The summed E-state index contributed by atoms with van der Waals surface area (Å²) >= 11 is 0. The Morgan fingerprint density at radius 1 is 1.34 bits per heavy atom. The highest BCUT2D eigenvalue weighted by Gasteiger charge is 2.65. The Bertz CT molecular complexity index is 847. The van der Waals surface area contributed by atoms with Crippen molar-refractivity contribution in [2.75, 3.05) is 13.2 Å². The first-order valence-electron chi connectivity index (χ1n) is 9.96. The molecule has 3 fully saturated rings. The van der Waals surface area contributed by atoms with Gasteiger partial charge in [0.15, 0.2) is 11.4 Å². The maximum Gasteiger partial charge on any atom is 0.259 e. The number of carbonyl (C=O) groups is 2. The maximum absolute atomic E-state index is 11.7. The van der Waals surface area contributed by atoms with E-state index >= 15 is 0 Å². The molecule has 6 atom stereocenters. The van der Waals surface area contributed by atoms with Gasteiger partial charge in [-0.25, -0.2) is 0 Å². The average Bonchev–Trinajstić information content (AvgIpc) is 3.39. The molecule has 7 nitrogen and oxygen atoms in total. The lowest BCUT2D eigenvalue weighted by Gasteiger charge is -2.51. The third-order valence-corrected chi connectivity index (χ3v) is 6.26. The number of hydrogen-bond acceptors (Lipinski definition) is 6. The van der Waals surface area contributed by atoms with Crippen LogP contribution >= 0.6 is 0 Å². The molecule has 29 heavy (non-hydrogen) atoms. The van der Waals surface area contributed by atoms with Gasteiger partial charge in [-0.2, -0.15) is 0 Å². The van der Waals surface area contributed by atoms with E-state index in [1.54, 1.807) is 6.08 Å². The van der Waals surface area contributed by atoms with Gasteiger partial charge in [-0.05, 0) is 26.0 Å². The first-order chi connectivity index (χ1) is 13.7. The van der Waals surface area contributed by atoms with Gasteiger partial charge in [-0.15, -0.1) is 0 Å². The summed E-state index contributed by atoms with van der Waals surface area (Å²) in [6.45, 7) is 8.56. The molecule has 7 heteroatoms. The Morgan fingerprint density at radius 2 is 2.07 bits per heavy atom. The van der Waals surface area contributed by atoms with E-state index in [-0.39, 0.29) is 41.9 Å². The van der Waals surface area contributed by atoms with Crippen LogP contribution in [0.2, 0.25) is 0 Å². The summed E-state index contributed by atoms with van der Waals surface area (Å²) < 4.78 is 18.2. The van der Waals surface area contributed by atoms with E-state index in [1.165, 1.54) is 6.08 Å². The summed E-state index contributed by atoms with van der Waals surface area (Å²) in [6, 6.07) is 0. The number of aliphatic hydroxyl groups excluding tert-OH is 1. The van der Waals surface area contributed by atoms with Crippen LogP contribution in [0.1, 0.15) is 27.7 Å². The summed E-state index contributed by atoms with van der Waals surface area (Å²) in [5.74, 6) is -1.82. The van der Waals surface area contributed by atoms with Crippen molar-refractivity contribution < 1.29 is 28.9 Å². The zero-order chi connectivity index (χ0) is 21.0. The number of carbonyl (C=O) groups excluding carboxylic acids is 2. The Hall–Kier alpha value is -2.22. The molecule has 0 radical (unpaired) electrons. The number of nitrogens with one attached hydrogen (secondary N) is 1. The highest BCUT2D eigenvalue weighted by Crippen LogP contribution is 2.51. The van der Waals surface area contributed by atoms with E-state index in [1.807, 2.05) is 13.8 Å². The number of rotatable bonds is 4. The number of ether oxygens (including phenoxy) is 3. The zero-order valence-electron chi connectivity index (χ0n) is 17.1. The molecule has 0 aliphatic carbocycles. The Morgan fingerprint density at radius 3 is 2.69 bits per heavy atom. The second-order valence-electron chi connectivity index (χ2n) is 8.48. The summed E-state index contributed by atoms with van der Waals surface area (Å²) in [5.41, 5.74) is 0.221. The number of aliphatic hydroxyl groups is 1. The number of amides is 1. The zero-order valence-corrected chi connectivity index (χ0v) is 17.1. The van der Waals surface area contributed by atoms with E-state index in [2.05, 4.69) is 37.4 Å². The van der Waals surface area contributed by atoms with Crippen molar-refractivity contribution in [3.8, 4) is 0 Å². The van der Waals surface area contributed by atoms with Gasteiger partial charge in [-0.3, -0.25) is 9.59 Å². The fourth-order valence-electron chi connectivity index (χ4n) is 4.37. The second-order valence-corrected chi connectivity index (χ2v) is 8.48. The van der Waals surface area contributed by atoms with Crippen molar-refractivity contribution in [2.45, 2.75) is 51.3 Å². The lowest BCUT2D eigenvalue weighted by Crippen LogP contribution is -2.61. The normalized spacial score (nSPS) is 41.8. The van der Waals surface area contributed by atoms with Gasteiger partial charge in [-0.1, -0.05) is 37.6 Å². The van der Waals surface area contributed by atoms with Crippen molar-refractivity contribution in [3.63, 3.8) is 0 Å². The highest BCUT2D eigenvalue weighted by atomic mass is 16.8. The fourth-order valence-corrected chi connectivity index (χ4v) is 4.37. The molecule has 0 aromatic carbocycles. The van der Waals surface area contributed by atoms with Crippen LogP contribution in [0.15, 0.2) is 47.3 Å². The maximum atomic E-state index is 11.7. The monoisotopic (exact) mass is 401 g/mol. The Labute approximate surface area is 170 Å². The molecular weight excluding hydrogens is 374 g/mol. The highest BCUT2D eigenvalue weighted by molar-refractivity contribution is 6.25. The van der Waals surface area contributed by atoms with Crippen LogP contribution in [0.25, 0.3) is 0 Å². The van der Waals surface area contributed by atoms with Crippen molar-refractivity contribution in [2.24, 2.45) is 11.8 Å². The van der Waals surface area contributed by atoms with Gasteiger partial charge in [0.1, 0.15) is 11.3 Å². The summed E-state index contributed by atoms with van der Waals surface area (Å²) in [6.07, 6.45) is 9.18. The third-order valence-electron chi connectivity index (χ3n) is 6.26. The van der Waals surface area contributed by atoms with Gasteiger partial charge in [0.25, 0.3) is 5.91 Å². The van der Waals surface area contributed by atoms with E-state index in [0.29, 0.717) is 6.61 Å². The lowest BCUT2D eigenvalue weighted by molar-refractivity contribution is -0.346. The van der Waals surface area contributed by atoms with Crippen molar-refractivity contribution in [3.05, 3.63) is 47.3 Å². The summed E-state index contributed by atoms with van der Waals surface area (Å²) in [7, 11) is 0. The molecule has 4 heterocycles.